The Kier molecular flexibility index (Phi) is 3.13. The maximum absolute atomic E-state index is 12.4. The number of carboxylic acids is 1. The molecule has 2 aromatic rings. The largest absolute Gasteiger partial charge is 0.481 e. The molecule has 2 aromatic carbocycles. The van der Waals surface area contributed by atoms with E-state index in [4.69, 9.17) is 0 Å². The maximum atomic E-state index is 12.4. The molecule has 106 valence electrons. The summed E-state index contributed by atoms with van der Waals surface area (Å²) in [6.45, 7) is 1.93. The molecule has 1 saturated carbocycles. The third-order valence-corrected chi connectivity index (χ3v) is 4.37. The minimum absolute atomic E-state index is 0.0775. The molecule has 1 aliphatic rings. The second-order valence-electron chi connectivity index (χ2n) is 5.66. The van der Waals surface area contributed by atoms with Crippen molar-refractivity contribution in [2.24, 2.45) is 5.92 Å². The summed E-state index contributed by atoms with van der Waals surface area (Å²) >= 11 is 0. The highest BCUT2D eigenvalue weighted by Crippen LogP contribution is 2.54. The third kappa shape index (κ3) is 2.15. The monoisotopic (exact) mass is 280 g/mol. The molecule has 0 heterocycles. The highest BCUT2D eigenvalue weighted by molar-refractivity contribution is 6.09. The van der Waals surface area contributed by atoms with Gasteiger partial charge < -0.3 is 5.11 Å². The van der Waals surface area contributed by atoms with Crippen LogP contribution < -0.4 is 0 Å². The highest BCUT2D eigenvalue weighted by Gasteiger charge is 2.59. The van der Waals surface area contributed by atoms with Crippen molar-refractivity contribution in [3.05, 3.63) is 71.3 Å². The molecule has 2 atom stereocenters. The Morgan fingerprint density at radius 1 is 1.05 bits per heavy atom. The summed E-state index contributed by atoms with van der Waals surface area (Å²) in [7, 11) is 0. The van der Waals surface area contributed by atoms with Crippen molar-refractivity contribution in [2.75, 3.05) is 0 Å². The summed E-state index contributed by atoms with van der Waals surface area (Å²) < 4.78 is 0. The summed E-state index contributed by atoms with van der Waals surface area (Å²) in [5, 5.41) is 9.49. The lowest BCUT2D eigenvalue weighted by Crippen LogP contribution is -2.22. The van der Waals surface area contributed by atoms with Crippen molar-refractivity contribution in [2.45, 2.75) is 18.8 Å². The van der Waals surface area contributed by atoms with Gasteiger partial charge >= 0.3 is 5.97 Å². The van der Waals surface area contributed by atoms with Crippen LogP contribution in [0.25, 0.3) is 0 Å². The van der Waals surface area contributed by atoms with Crippen LogP contribution in [0, 0.1) is 5.92 Å². The van der Waals surface area contributed by atoms with E-state index < -0.39 is 11.4 Å². The lowest BCUT2D eigenvalue weighted by molar-refractivity contribution is -0.140. The molecule has 0 aromatic heterocycles. The van der Waals surface area contributed by atoms with E-state index in [0.717, 1.165) is 5.56 Å². The number of carboxylic acid groups (broad SMARTS) is 1. The predicted octanol–water partition coefficient (Wildman–Crippen LogP) is 3.28. The Labute approximate surface area is 123 Å². The van der Waals surface area contributed by atoms with Gasteiger partial charge in [-0.3, -0.25) is 9.59 Å². The number of carbonyl (C=O) groups excluding carboxylic acids is 1. The van der Waals surface area contributed by atoms with Crippen LogP contribution in [0.1, 0.15) is 34.8 Å². The molecule has 1 aliphatic carbocycles. The van der Waals surface area contributed by atoms with Gasteiger partial charge in [0.2, 0.25) is 0 Å². The lowest BCUT2D eigenvalue weighted by atomic mass is 9.90. The summed E-state index contributed by atoms with van der Waals surface area (Å²) in [5.41, 5.74) is 1.07. The lowest BCUT2D eigenvalue weighted by Gasteiger charge is -2.13. The zero-order chi connectivity index (χ0) is 15.0. The summed E-state index contributed by atoms with van der Waals surface area (Å²) in [6, 6.07) is 16.1. The van der Waals surface area contributed by atoms with E-state index in [1.165, 1.54) is 0 Å². The van der Waals surface area contributed by atoms with E-state index in [9.17, 15) is 14.7 Å². The minimum Gasteiger partial charge on any atom is -0.481 e. The molecule has 21 heavy (non-hydrogen) atoms. The van der Waals surface area contributed by atoms with E-state index in [0.29, 0.717) is 17.5 Å². The molecule has 0 aliphatic heterocycles. The molecule has 1 fully saturated rings. The number of aliphatic carboxylic acids is 1. The quantitative estimate of drug-likeness (QED) is 0.874. The Bertz CT molecular complexity index is 705. The van der Waals surface area contributed by atoms with Crippen LogP contribution in [0.4, 0.5) is 0 Å². The van der Waals surface area contributed by atoms with Crippen LogP contribution in [0.2, 0.25) is 0 Å². The second kappa shape index (κ2) is 4.85. The van der Waals surface area contributed by atoms with E-state index in [-0.39, 0.29) is 11.7 Å². The van der Waals surface area contributed by atoms with Gasteiger partial charge in [0.25, 0.3) is 0 Å². The predicted molar refractivity (Wildman–Crippen MR) is 79.4 cm³/mol. The Morgan fingerprint density at radius 2 is 1.67 bits per heavy atom. The molecule has 0 bridgehead atoms. The van der Waals surface area contributed by atoms with Crippen molar-refractivity contribution in [1.82, 2.24) is 0 Å². The smallest absolute Gasteiger partial charge is 0.314 e. The number of hydrogen-bond acceptors (Lipinski definition) is 2. The van der Waals surface area contributed by atoms with E-state index >= 15 is 0 Å². The topological polar surface area (TPSA) is 54.4 Å². The van der Waals surface area contributed by atoms with E-state index in [1.807, 2.05) is 25.1 Å². The molecule has 3 rings (SSSR count). The van der Waals surface area contributed by atoms with Crippen molar-refractivity contribution in [3.8, 4) is 0 Å². The first-order valence-electron chi connectivity index (χ1n) is 6.99. The molecule has 0 saturated heterocycles. The molecule has 0 radical (unpaired) electrons. The summed E-state index contributed by atoms with van der Waals surface area (Å²) in [5.74, 6) is -0.775. The molecule has 0 spiro atoms. The van der Waals surface area contributed by atoms with Gasteiger partial charge in [0.15, 0.2) is 5.78 Å². The van der Waals surface area contributed by atoms with Gasteiger partial charge in [-0.25, -0.2) is 0 Å². The summed E-state index contributed by atoms with van der Waals surface area (Å²) in [6.07, 6.45) is 0.630. The standard InChI is InChI=1S/C18H16O3/c1-12-11-18(12,17(20)21)15-9-5-8-14(10-15)16(19)13-6-3-2-4-7-13/h2-10,12H,11H2,1H3,(H,20,21). The molecule has 0 amide bonds. The first kappa shape index (κ1) is 13.6. The Balaban J connectivity index is 1.98. The van der Waals surface area contributed by atoms with Crippen LogP contribution in [-0.2, 0) is 10.2 Å². The zero-order valence-corrected chi connectivity index (χ0v) is 11.7. The van der Waals surface area contributed by atoms with Gasteiger partial charge in [0.05, 0.1) is 5.41 Å². The van der Waals surface area contributed by atoms with E-state index in [1.54, 1.807) is 36.4 Å². The fourth-order valence-corrected chi connectivity index (χ4v) is 2.94. The molecule has 3 heteroatoms. The number of hydrogen-bond donors (Lipinski definition) is 1. The van der Waals surface area contributed by atoms with Gasteiger partial charge in [-0.2, -0.15) is 0 Å². The number of carbonyl (C=O) groups is 2. The van der Waals surface area contributed by atoms with Crippen LogP contribution in [0.15, 0.2) is 54.6 Å². The summed E-state index contributed by atoms with van der Waals surface area (Å²) in [4.78, 5) is 24.0. The minimum atomic E-state index is -0.813. The van der Waals surface area contributed by atoms with Gasteiger partial charge in [0.1, 0.15) is 0 Å². The molecule has 2 unspecified atom stereocenters. The average Bonchev–Trinajstić information content (AvgIpc) is 3.20. The molecular weight excluding hydrogens is 264 g/mol. The van der Waals surface area contributed by atoms with Crippen LogP contribution in [-0.4, -0.2) is 16.9 Å². The Hall–Kier alpha value is -2.42. The van der Waals surface area contributed by atoms with Crippen molar-refractivity contribution >= 4 is 11.8 Å². The van der Waals surface area contributed by atoms with Crippen molar-refractivity contribution in [3.63, 3.8) is 0 Å². The third-order valence-electron chi connectivity index (χ3n) is 4.37. The van der Waals surface area contributed by atoms with Gasteiger partial charge in [-0.05, 0) is 24.0 Å². The first-order valence-corrected chi connectivity index (χ1v) is 6.99. The van der Waals surface area contributed by atoms with Gasteiger partial charge in [-0.15, -0.1) is 0 Å². The molecular formula is C18H16O3. The van der Waals surface area contributed by atoms with Crippen molar-refractivity contribution < 1.29 is 14.7 Å². The molecule has 3 nitrogen and oxygen atoms in total. The first-order chi connectivity index (χ1) is 10.1. The van der Waals surface area contributed by atoms with E-state index in [2.05, 4.69) is 0 Å². The zero-order valence-electron chi connectivity index (χ0n) is 11.7. The van der Waals surface area contributed by atoms with Crippen LogP contribution in [0.3, 0.4) is 0 Å². The van der Waals surface area contributed by atoms with Gasteiger partial charge in [-0.1, -0.05) is 55.5 Å². The maximum Gasteiger partial charge on any atom is 0.314 e. The average molecular weight is 280 g/mol. The number of ketones is 1. The molecule has 1 N–H and O–H groups in total. The van der Waals surface area contributed by atoms with Crippen LogP contribution in [0.5, 0.6) is 0 Å². The highest BCUT2D eigenvalue weighted by atomic mass is 16.4. The fourth-order valence-electron chi connectivity index (χ4n) is 2.94. The number of rotatable bonds is 4. The Morgan fingerprint density at radius 3 is 2.24 bits per heavy atom. The SMILES string of the molecule is CC1CC1(C(=O)O)c1cccc(C(=O)c2ccccc2)c1. The second-order valence-corrected chi connectivity index (χ2v) is 5.66. The number of benzene rings is 2. The fraction of sp³-hybridized carbons (Fsp3) is 0.222. The van der Waals surface area contributed by atoms with Gasteiger partial charge in [0, 0.05) is 11.1 Å². The van der Waals surface area contributed by atoms with Crippen LogP contribution >= 0.6 is 0 Å². The van der Waals surface area contributed by atoms with Crippen molar-refractivity contribution in [1.29, 1.82) is 0 Å². The normalized spacial score (nSPS) is 23.6.